The molecule has 1 fully saturated rings. The van der Waals surface area contributed by atoms with Crippen molar-refractivity contribution >= 4 is 40.6 Å². The summed E-state index contributed by atoms with van der Waals surface area (Å²) in [7, 11) is 4.01. The van der Waals surface area contributed by atoms with Crippen molar-refractivity contribution in [2.45, 2.75) is 0 Å². The zero-order chi connectivity index (χ0) is 25.9. The summed E-state index contributed by atoms with van der Waals surface area (Å²) in [5, 5.41) is 4.28. The lowest BCUT2D eigenvalue weighted by atomic mass is 10.1. The Labute approximate surface area is 203 Å². The van der Waals surface area contributed by atoms with Crippen LogP contribution in [0.15, 0.2) is 18.2 Å². The van der Waals surface area contributed by atoms with E-state index < -0.39 is 51.6 Å². The number of carbonyl (C=O) groups is 2. The van der Waals surface area contributed by atoms with Crippen LogP contribution in [0.3, 0.4) is 0 Å². The molecule has 1 saturated heterocycles. The van der Waals surface area contributed by atoms with E-state index in [1.54, 1.807) is 12.1 Å². The van der Waals surface area contributed by atoms with Gasteiger partial charge in [0.05, 0.1) is 31.2 Å². The largest absolute Gasteiger partial charge is 0.491 e. The molecule has 1 heterocycles. The van der Waals surface area contributed by atoms with Crippen LogP contribution in [0.2, 0.25) is 0 Å². The summed E-state index contributed by atoms with van der Waals surface area (Å²) in [6.07, 6.45) is 0. The number of thiocarbonyl (C=S) groups is 1. The van der Waals surface area contributed by atoms with Gasteiger partial charge in [-0.25, -0.2) is 13.6 Å². The molecule has 8 nitrogen and oxygen atoms in total. The molecule has 2 aromatic carbocycles. The maximum absolute atomic E-state index is 14.3. The van der Waals surface area contributed by atoms with Gasteiger partial charge in [-0.1, -0.05) is 0 Å². The minimum Gasteiger partial charge on any atom is -0.491 e. The summed E-state index contributed by atoms with van der Waals surface area (Å²) >= 11 is 5.09. The average Bonchev–Trinajstić information content (AvgIpc) is 2.83. The second-order valence-electron chi connectivity index (χ2n) is 7.59. The average molecular weight is 515 g/mol. The van der Waals surface area contributed by atoms with Gasteiger partial charge in [-0.3, -0.25) is 10.1 Å². The van der Waals surface area contributed by atoms with Crippen LogP contribution in [0.1, 0.15) is 20.7 Å². The molecule has 0 aromatic heterocycles. The molecule has 3 rings (SSSR count). The standard InChI is InChI=1S/C22H22F4N4O4S/c1-29-6-8-30(9-7-29)13-5-4-11(21(32)34-3)10-12(13)27-22(35)28-20(31)14-15(23)17(25)19(33-2)18(26)16(14)24/h4-5,10H,6-9H2,1-3H3,(H2,27,28,31,35). The molecule has 1 amide bonds. The Morgan fingerprint density at radius 3 is 2.11 bits per heavy atom. The molecule has 0 unspecified atom stereocenters. The lowest BCUT2D eigenvalue weighted by molar-refractivity contribution is 0.0600. The second-order valence-corrected chi connectivity index (χ2v) is 7.99. The molecule has 1 aliphatic heterocycles. The zero-order valence-electron chi connectivity index (χ0n) is 19.0. The van der Waals surface area contributed by atoms with Gasteiger partial charge in [0, 0.05) is 26.2 Å². The van der Waals surface area contributed by atoms with E-state index in [9.17, 15) is 27.2 Å². The van der Waals surface area contributed by atoms with Gasteiger partial charge in [-0.2, -0.15) is 8.78 Å². The molecule has 1 aliphatic rings. The van der Waals surface area contributed by atoms with Crippen molar-refractivity contribution in [1.29, 1.82) is 0 Å². The Morgan fingerprint density at radius 2 is 1.57 bits per heavy atom. The van der Waals surface area contributed by atoms with Crippen molar-refractivity contribution in [3.05, 3.63) is 52.6 Å². The summed E-state index contributed by atoms with van der Waals surface area (Å²) < 4.78 is 65.6. The third-order valence-electron chi connectivity index (χ3n) is 5.39. The van der Waals surface area contributed by atoms with Crippen LogP contribution in [-0.2, 0) is 4.74 Å². The van der Waals surface area contributed by atoms with E-state index >= 15 is 0 Å². The number of likely N-dealkylation sites (N-methyl/N-ethyl adjacent to an activating group) is 1. The van der Waals surface area contributed by atoms with Crippen molar-refractivity contribution in [1.82, 2.24) is 10.2 Å². The van der Waals surface area contributed by atoms with Crippen LogP contribution in [0.5, 0.6) is 5.75 Å². The molecular formula is C22H22F4N4O4S. The number of carbonyl (C=O) groups excluding carboxylic acids is 2. The number of halogens is 4. The number of piperazine rings is 1. The Balaban J connectivity index is 1.88. The fourth-order valence-electron chi connectivity index (χ4n) is 3.51. The number of methoxy groups -OCH3 is 2. The van der Waals surface area contributed by atoms with E-state index in [2.05, 4.69) is 15.0 Å². The van der Waals surface area contributed by atoms with Crippen LogP contribution < -0.4 is 20.3 Å². The van der Waals surface area contributed by atoms with Gasteiger partial charge in [0.25, 0.3) is 5.91 Å². The minimum absolute atomic E-state index is 0.179. The number of anilines is 2. The van der Waals surface area contributed by atoms with Crippen molar-refractivity contribution in [2.75, 3.05) is 57.7 Å². The topological polar surface area (TPSA) is 83.1 Å². The number of ether oxygens (including phenoxy) is 2. The molecule has 0 saturated carbocycles. The highest BCUT2D eigenvalue weighted by Gasteiger charge is 2.30. The number of amides is 1. The van der Waals surface area contributed by atoms with E-state index in [1.807, 2.05) is 17.3 Å². The van der Waals surface area contributed by atoms with Gasteiger partial charge < -0.3 is 24.6 Å². The van der Waals surface area contributed by atoms with Gasteiger partial charge in [0.1, 0.15) is 5.56 Å². The summed E-state index contributed by atoms with van der Waals surface area (Å²) in [6.45, 7) is 2.85. The monoisotopic (exact) mass is 514 g/mol. The van der Waals surface area contributed by atoms with Crippen LogP contribution in [0.4, 0.5) is 28.9 Å². The lowest BCUT2D eigenvalue weighted by Crippen LogP contribution is -2.45. The first-order chi connectivity index (χ1) is 16.6. The molecule has 13 heteroatoms. The number of rotatable bonds is 5. The highest BCUT2D eigenvalue weighted by molar-refractivity contribution is 7.80. The maximum atomic E-state index is 14.3. The van der Waals surface area contributed by atoms with Crippen molar-refractivity contribution < 1.29 is 36.6 Å². The molecular weight excluding hydrogens is 492 g/mol. The summed E-state index contributed by atoms with van der Waals surface area (Å²) in [4.78, 5) is 28.6. The van der Waals surface area contributed by atoms with Crippen molar-refractivity contribution in [2.24, 2.45) is 0 Å². The number of nitrogens with one attached hydrogen (secondary N) is 2. The fraction of sp³-hybridized carbons (Fsp3) is 0.318. The number of nitrogens with zero attached hydrogens (tertiary/aromatic N) is 2. The van der Waals surface area contributed by atoms with Crippen molar-refractivity contribution in [3.63, 3.8) is 0 Å². The van der Waals surface area contributed by atoms with Gasteiger partial charge in [-0.05, 0) is 37.5 Å². The number of hydrogen-bond donors (Lipinski definition) is 2. The molecule has 188 valence electrons. The second kappa shape index (κ2) is 10.9. The predicted octanol–water partition coefficient (Wildman–Crippen LogP) is 2.92. The smallest absolute Gasteiger partial charge is 0.337 e. The molecule has 0 aliphatic carbocycles. The Hall–Kier alpha value is -3.45. The Bertz CT molecular complexity index is 1140. The van der Waals surface area contributed by atoms with Crippen molar-refractivity contribution in [3.8, 4) is 5.75 Å². The summed E-state index contributed by atoms with van der Waals surface area (Å²) in [5.41, 5.74) is -0.386. The van der Waals surface area contributed by atoms with Crippen LogP contribution >= 0.6 is 12.2 Å². The molecule has 35 heavy (non-hydrogen) atoms. The third kappa shape index (κ3) is 5.46. The Morgan fingerprint density at radius 1 is 0.971 bits per heavy atom. The van der Waals surface area contributed by atoms with Crippen LogP contribution in [0.25, 0.3) is 0 Å². The highest BCUT2D eigenvalue weighted by atomic mass is 32.1. The van der Waals surface area contributed by atoms with E-state index in [4.69, 9.17) is 17.0 Å². The Kier molecular flexibility index (Phi) is 8.12. The van der Waals surface area contributed by atoms with Gasteiger partial charge >= 0.3 is 5.97 Å². The van der Waals surface area contributed by atoms with E-state index in [0.717, 1.165) is 20.2 Å². The van der Waals surface area contributed by atoms with Crippen LogP contribution in [-0.4, -0.2) is 69.3 Å². The molecule has 0 radical (unpaired) electrons. The minimum atomic E-state index is -1.94. The SMILES string of the molecule is COC(=O)c1ccc(N2CCN(C)CC2)c(NC(=S)NC(=O)c2c(F)c(F)c(OC)c(F)c2F)c1. The number of benzene rings is 2. The maximum Gasteiger partial charge on any atom is 0.337 e. The van der Waals surface area contributed by atoms with Gasteiger partial charge in [0.2, 0.25) is 11.6 Å². The molecule has 0 bridgehead atoms. The summed E-state index contributed by atoms with van der Waals surface area (Å²) in [6, 6.07) is 4.66. The van der Waals surface area contributed by atoms with E-state index in [0.29, 0.717) is 24.5 Å². The zero-order valence-corrected chi connectivity index (χ0v) is 19.8. The molecule has 0 spiro atoms. The number of hydrogen-bond acceptors (Lipinski definition) is 7. The first-order valence-corrected chi connectivity index (χ1v) is 10.7. The molecule has 2 N–H and O–H groups in total. The summed E-state index contributed by atoms with van der Waals surface area (Å²) in [5.74, 6) is -11.0. The predicted molar refractivity (Wildman–Crippen MR) is 124 cm³/mol. The lowest BCUT2D eigenvalue weighted by Gasteiger charge is -2.35. The number of esters is 1. The van der Waals surface area contributed by atoms with E-state index in [-0.39, 0.29) is 5.56 Å². The fourth-order valence-corrected chi connectivity index (χ4v) is 3.72. The third-order valence-corrected chi connectivity index (χ3v) is 5.60. The molecule has 2 aromatic rings. The van der Waals surface area contributed by atoms with Crippen LogP contribution in [0, 0.1) is 23.3 Å². The first kappa shape index (κ1) is 26.2. The first-order valence-electron chi connectivity index (χ1n) is 10.3. The van der Waals surface area contributed by atoms with E-state index in [1.165, 1.54) is 13.2 Å². The van der Waals surface area contributed by atoms with Gasteiger partial charge in [-0.15, -0.1) is 0 Å². The molecule has 0 atom stereocenters. The quantitative estimate of drug-likeness (QED) is 0.273. The van der Waals surface area contributed by atoms with Gasteiger partial charge in [0.15, 0.2) is 22.5 Å². The highest BCUT2D eigenvalue weighted by Crippen LogP contribution is 2.31. The normalized spacial score (nSPS) is 13.9.